The molecule has 16 heavy (non-hydrogen) atoms. The summed E-state index contributed by atoms with van der Waals surface area (Å²) in [5.74, 6) is 1.61. The molecule has 0 aliphatic rings. The molecule has 0 N–H and O–H groups in total. The van der Waals surface area contributed by atoms with Crippen LogP contribution in [0.15, 0.2) is 54.6 Å². The first-order chi connectivity index (χ1) is 7.90. The molecule has 0 aliphatic carbocycles. The van der Waals surface area contributed by atoms with Gasteiger partial charge < -0.3 is 9.47 Å². The second-order valence-electron chi connectivity index (χ2n) is 3.31. The fraction of sp³-hybridized carbons (Fsp3) is 0.0714. The van der Waals surface area contributed by atoms with Crippen molar-refractivity contribution in [1.82, 2.24) is 0 Å². The molecule has 2 aromatic rings. The van der Waals surface area contributed by atoms with Crippen LogP contribution in [-0.4, -0.2) is 7.11 Å². The number of methoxy groups -OCH3 is 1. The second kappa shape index (κ2) is 5.33. The molecule has 0 aliphatic heterocycles. The van der Waals surface area contributed by atoms with E-state index in [0.717, 1.165) is 17.1 Å². The van der Waals surface area contributed by atoms with E-state index in [9.17, 15) is 0 Å². The van der Waals surface area contributed by atoms with E-state index in [0.29, 0.717) is 0 Å². The lowest BCUT2D eigenvalue weighted by Crippen LogP contribution is -1.91. The Labute approximate surface area is 95.4 Å². The molecule has 2 heteroatoms. The maximum Gasteiger partial charge on any atom is 0.133 e. The first kappa shape index (κ1) is 10.7. The van der Waals surface area contributed by atoms with Gasteiger partial charge in [0.05, 0.1) is 0 Å². The number of para-hydroxylation sites is 2. The maximum atomic E-state index is 5.75. The van der Waals surface area contributed by atoms with Gasteiger partial charge >= 0.3 is 0 Å². The van der Waals surface area contributed by atoms with Crippen molar-refractivity contribution in [2.45, 2.75) is 0 Å². The monoisotopic (exact) mass is 213 g/mol. The molecule has 0 unspecified atom stereocenters. The minimum atomic E-state index is 0.788. The van der Waals surface area contributed by atoms with E-state index in [1.54, 1.807) is 13.7 Å². The van der Waals surface area contributed by atoms with Crippen molar-refractivity contribution in [3.63, 3.8) is 0 Å². The summed E-state index contributed by atoms with van der Waals surface area (Å²) in [5.41, 5.74) is 0.925. The minimum absolute atomic E-state index is 0.788. The van der Waals surface area contributed by atoms with Crippen LogP contribution in [0.1, 0.15) is 5.56 Å². The topological polar surface area (TPSA) is 18.5 Å². The Kier molecular flexibility index (Phi) is 3.57. The molecule has 0 saturated heterocycles. The van der Waals surface area contributed by atoms with E-state index < -0.39 is 0 Å². The van der Waals surface area contributed by atoms with Crippen molar-refractivity contribution in [3.05, 3.63) is 66.8 Å². The Hall–Kier alpha value is -1.80. The van der Waals surface area contributed by atoms with Crippen molar-refractivity contribution < 1.29 is 9.47 Å². The molecule has 0 saturated carbocycles. The molecule has 0 amide bonds. The normalized spacial score (nSPS) is 10.1. The van der Waals surface area contributed by atoms with Gasteiger partial charge in [0.25, 0.3) is 0 Å². The highest BCUT2D eigenvalue weighted by Gasteiger charge is 2.03. The average molecular weight is 213 g/mol. The number of hydrogen-bond acceptors (Lipinski definition) is 2. The summed E-state index contributed by atoms with van der Waals surface area (Å²) in [6.45, 7) is 1.66. The smallest absolute Gasteiger partial charge is 0.133 e. The molecule has 2 nitrogen and oxygen atoms in total. The summed E-state index contributed by atoms with van der Waals surface area (Å²) in [6.07, 6.45) is 0. The number of hydrogen-bond donors (Lipinski definition) is 0. The molecule has 0 bridgehead atoms. The Morgan fingerprint density at radius 3 is 2.31 bits per heavy atom. The van der Waals surface area contributed by atoms with Gasteiger partial charge in [-0.3, -0.25) is 0 Å². The Morgan fingerprint density at radius 1 is 0.875 bits per heavy atom. The Balaban J connectivity index is 2.21. The van der Waals surface area contributed by atoms with Gasteiger partial charge in [0.2, 0.25) is 0 Å². The van der Waals surface area contributed by atoms with Gasteiger partial charge in [-0.05, 0) is 18.2 Å². The first-order valence-electron chi connectivity index (χ1n) is 5.08. The highest BCUT2D eigenvalue weighted by molar-refractivity contribution is 5.40. The van der Waals surface area contributed by atoms with Crippen LogP contribution in [0.4, 0.5) is 0 Å². The van der Waals surface area contributed by atoms with E-state index in [1.165, 1.54) is 0 Å². The van der Waals surface area contributed by atoms with Crippen LogP contribution in [0, 0.1) is 6.61 Å². The largest absolute Gasteiger partial charge is 0.457 e. The Morgan fingerprint density at radius 2 is 1.56 bits per heavy atom. The summed E-state index contributed by atoms with van der Waals surface area (Å²) in [4.78, 5) is 0. The van der Waals surface area contributed by atoms with Crippen LogP contribution in [0.25, 0.3) is 0 Å². The molecule has 2 rings (SSSR count). The molecule has 2 aromatic carbocycles. The zero-order chi connectivity index (χ0) is 11.2. The lowest BCUT2D eigenvalue weighted by Gasteiger charge is -2.09. The van der Waals surface area contributed by atoms with Gasteiger partial charge in [-0.15, -0.1) is 0 Å². The summed E-state index contributed by atoms with van der Waals surface area (Å²) in [5, 5.41) is 0. The van der Waals surface area contributed by atoms with Crippen molar-refractivity contribution >= 4 is 0 Å². The molecular formula is C14H13O2. The van der Waals surface area contributed by atoms with Crippen LogP contribution < -0.4 is 4.74 Å². The summed E-state index contributed by atoms with van der Waals surface area (Å²) in [6, 6.07) is 17.4. The fourth-order valence-corrected chi connectivity index (χ4v) is 1.41. The second-order valence-corrected chi connectivity index (χ2v) is 3.31. The highest BCUT2D eigenvalue weighted by atomic mass is 16.5. The van der Waals surface area contributed by atoms with Crippen LogP contribution in [0.2, 0.25) is 0 Å². The summed E-state index contributed by atoms with van der Waals surface area (Å²) >= 11 is 0. The zero-order valence-corrected chi connectivity index (χ0v) is 9.09. The van der Waals surface area contributed by atoms with E-state index in [-0.39, 0.29) is 0 Å². The third-order valence-corrected chi connectivity index (χ3v) is 2.13. The predicted octanol–water partition coefficient (Wildman–Crippen LogP) is 3.64. The van der Waals surface area contributed by atoms with Crippen LogP contribution in [0.5, 0.6) is 11.5 Å². The van der Waals surface area contributed by atoms with E-state index in [2.05, 4.69) is 0 Å². The van der Waals surface area contributed by atoms with E-state index >= 15 is 0 Å². The van der Waals surface area contributed by atoms with Gasteiger partial charge in [0, 0.05) is 12.7 Å². The van der Waals surface area contributed by atoms with Gasteiger partial charge in [-0.2, -0.15) is 0 Å². The molecule has 0 atom stereocenters. The number of benzene rings is 2. The predicted molar refractivity (Wildman–Crippen MR) is 63.4 cm³/mol. The first-order valence-corrected chi connectivity index (χ1v) is 5.08. The number of ether oxygens (including phenoxy) is 2. The minimum Gasteiger partial charge on any atom is -0.457 e. The van der Waals surface area contributed by atoms with Gasteiger partial charge in [0.1, 0.15) is 18.1 Å². The molecule has 0 fully saturated rings. The molecule has 0 heterocycles. The zero-order valence-electron chi connectivity index (χ0n) is 9.09. The molecular weight excluding hydrogens is 200 g/mol. The quantitative estimate of drug-likeness (QED) is 0.772. The standard InChI is InChI=1S/C14H13O2/c1-15-11-12-7-5-6-10-14(12)16-13-8-3-2-4-9-13/h2-11H,1H3. The lowest BCUT2D eigenvalue weighted by atomic mass is 10.2. The maximum absolute atomic E-state index is 5.75. The third-order valence-electron chi connectivity index (χ3n) is 2.13. The van der Waals surface area contributed by atoms with Crippen molar-refractivity contribution in [1.29, 1.82) is 0 Å². The van der Waals surface area contributed by atoms with E-state index in [4.69, 9.17) is 9.47 Å². The third kappa shape index (κ3) is 2.61. The average Bonchev–Trinajstić information content (AvgIpc) is 2.33. The van der Waals surface area contributed by atoms with Gasteiger partial charge in [0.15, 0.2) is 0 Å². The van der Waals surface area contributed by atoms with Crippen molar-refractivity contribution in [3.8, 4) is 11.5 Å². The molecule has 0 spiro atoms. The molecule has 0 aromatic heterocycles. The lowest BCUT2D eigenvalue weighted by molar-refractivity contribution is 0.289. The summed E-state index contributed by atoms with van der Waals surface area (Å²) in [7, 11) is 1.62. The van der Waals surface area contributed by atoms with Crippen LogP contribution >= 0.6 is 0 Å². The number of rotatable bonds is 4. The van der Waals surface area contributed by atoms with Gasteiger partial charge in [-0.1, -0.05) is 36.4 Å². The molecule has 81 valence electrons. The Bertz CT molecular complexity index is 437. The highest BCUT2D eigenvalue weighted by Crippen LogP contribution is 2.25. The van der Waals surface area contributed by atoms with Crippen LogP contribution in [-0.2, 0) is 4.74 Å². The van der Waals surface area contributed by atoms with Gasteiger partial charge in [-0.25, -0.2) is 0 Å². The SMILES string of the molecule is CO[CH]c1ccccc1Oc1ccccc1. The van der Waals surface area contributed by atoms with Crippen molar-refractivity contribution in [2.75, 3.05) is 7.11 Å². The van der Waals surface area contributed by atoms with Crippen LogP contribution in [0.3, 0.4) is 0 Å². The van der Waals surface area contributed by atoms with E-state index in [1.807, 2.05) is 54.6 Å². The van der Waals surface area contributed by atoms with Crippen molar-refractivity contribution in [2.24, 2.45) is 0 Å². The molecule has 1 radical (unpaired) electrons. The fourth-order valence-electron chi connectivity index (χ4n) is 1.41. The summed E-state index contributed by atoms with van der Waals surface area (Å²) < 4.78 is 10.8.